The normalized spacial score (nSPS) is 31.7. The Morgan fingerprint density at radius 2 is 1.88 bits per heavy atom. The summed E-state index contributed by atoms with van der Waals surface area (Å²) in [6.45, 7) is 6.19. The number of hydrogen-bond donors (Lipinski definition) is 2. The molecule has 2 aliphatic rings. The maximum absolute atomic E-state index is 12.3. The van der Waals surface area contributed by atoms with Gasteiger partial charge in [-0.2, -0.15) is 0 Å². The Bertz CT molecular complexity index is 321. The minimum atomic E-state index is -0.323. The quantitative estimate of drug-likeness (QED) is 0.707. The Morgan fingerprint density at radius 1 is 1.24 bits per heavy atom. The smallest absolute Gasteiger partial charge is 0.233 e. The number of rotatable bonds is 2. The van der Waals surface area contributed by atoms with Crippen molar-refractivity contribution in [1.82, 2.24) is 10.6 Å². The van der Waals surface area contributed by atoms with Crippen LogP contribution in [0.1, 0.15) is 39.5 Å². The van der Waals surface area contributed by atoms with E-state index in [4.69, 9.17) is 0 Å². The monoisotopic (exact) mass is 238 g/mol. The van der Waals surface area contributed by atoms with Crippen molar-refractivity contribution in [3.63, 3.8) is 0 Å². The van der Waals surface area contributed by atoms with Crippen molar-refractivity contribution in [2.75, 3.05) is 13.1 Å². The second-order valence-corrected chi connectivity index (χ2v) is 5.60. The number of amides is 2. The van der Waals surface area contributed by atoms with E-state index in [9.17, 15) is 9.59 Å². The van der Waals surface area contributed by atoms with Crippen LogP contribution in [0.5, 0.6) is 0 Å². The second kappa shape index (κ2) is 4.77. The molecule has 0 radical (unpaired) electrons. The van der Waals surface area contributed by atoms with Gasteiger partial charge in [0.2, 0.25) is 11.8 Å². The van der Waals surface area contributed by atoms with E-state index < -0.39 is 0 Å². The summed E-state index contributed by atoms with van der Waals surface area (Å²) in [5.41, 5.74) is -0.323. The van der Waals surface area contributed by atoms with Gasteiger partial charge in [-0.1, -0.05) is 13.8 Å². The van der Waals surface area contributed by atoms with Crippen molar-refractivity contribution in [2.24, 2.45) is 17.3 Å². The highest BCUT2D eigenvalue weighted by Gasteiger charge is 2.50. The molecule has 2 rings (SSSR count). The molecule has 96 valence electrons. The number of piperidine rings is 2. The lowest BCUT2D eigenvalue weighted by Crippen LogP contribution is -2.56. The van der Waals surface area contributed by atoms with Crippen LogP contribution in [0.2, 0.25) is 0 Å². The fourth-order valence-corrected chi connectivity index (χ4v) is 3.49. The van der Waals surface area contributed by atoms with E-state index in [2.05, 4.69) is 24.5 Å². The predicted molar refractivity (Wildman–Crippen MR) is 65.2 cm³/mol. The molecule has 2 fully saturated rings. The van der Waals surface area contributed by atoms with Crippen molar-refractivity contribution in [2.45, 2.75) is 39.5 Å². The van der Waals surface area contributed by atoms with Gasteiger partial charge in [0, 0.05) is 6.42 Å². The van der Waals surface area contributed by atoms with Gasteiger partial charge in [0.05, 0.1) is 5.41 Å². The summed E-state index contributed by atoms with van der Waals surface area (Å²) in [4.78, 5) is 23.6. The van der Waals surface area contributed by atoms with E-state index in [-0.39, 0.29) is 17.2 Å². The molecule has 0 aromatic carbocycles. The highest BCUT2D eigenvalue weighted by atomic mass is 16.2. The molecule has 0 aromatic rings. The van der Waals surface area contributed by atoms with Crippen LogP contribution in [-0.4, -0.2) is 24.9 Å². The van der Waals surface area contributed by atoms with Gasteiger partial charge in [-0.05, 0) is 44.2 Å². The zero-order valence-corrected chi connectivity index (χ0v) is 10.7. The molecule has 0 aliphatic carbocycles. The van der Waals surface area contributed by atoms with Crippen molar-refractivity contribution in [1.29, 1.82) is 0 Å². The summed E-state index contributed by atoms with van der Waals surface area (Å²) in [5.74, 6) is 0.561. The van der Waals surface area contributed by atoms with Crippen molar-refractivity contribution < 1.29 is 9.59 Å². The van der Waals surface area contributed by atoms with Crippen LogP contribution in [0, 0.1) is 17.3 Å². The first-order valence-electron chi connectivity index (χ1n) is 6.62. The van der Waals surface area contributed by atoms with Gasteiger partial charge in [-0.15, -0.1) is 0 Å². The first-order valence-corrected chi connectivity index (χ1v) is 6.62. The molecule has 2 N–H and O–H groups in total. The molecule has 4 nitrogen and oxygen atoms in total. The molecule has 0 bridgehead atoms. The molecule has 0 saturated carbocycles. The molecule has 2 amide bonds. The lowest BCUT2D eigenvalue weighted by atomic mass is 9.60. The molecular formula is C13H22N2O2. The third-order valence-electron chi connectivity index (χ3n) is 4.54. The molecule has 17 heavy (non-hydrogen) atoms. The molecular weight excluding hydrogens is 216 g/mol. The average molecular weight is 238 g/mol. The van der Waals surface area contributed by atoms with Crippen LogP contribution in [-0.2, 0) is 9.59 Å². The van der Waals surface area contributed by atoms with E-state index in [0.29, 0.717) is 18.3 Å². The Labute approximate surface area is 103 Å². The second-order valence-electron chi connectivity index (χ2n) is 5.60. The first kappa shape index (κ1) is 12.6. The zero-order valence-electron chi connectivity index (χ0n) is 10.7. The van der Waals surface area contributed by atoms with Gasteiger partial charge in [0.15, 0.2) is 0 Å². The third-order valence-corrected chi connectivity index (χ3v) is 4.54. The Hall–Kier alpha value is -0.900. The van der Waals surface area contributed by atoms with Crippen LogP contribution in [0.4, 0.5) is 0 Å². The SMILES string of the molecule is CC(C)C1(C2CCNCC2)CCC(=O)NC1=O. The van der Waals surface area contributed by atoms with Gasteiger partial charge in [0.1, 0.15) is 0 Å². The van der Waals surface area contributed by atoms with Gasteiger partial charge in [-0.25, -0.2) is 0 Å². The summed E-state index contributed by atoms with van der Waals surface area (Å²) < 4.78 is 0. The van der Waals surface area contributed by atoms with E-state index in [1.54, 1.807) is 0 Å². The largest absolute Gasteiger partial charge is 0.317 e. The fraction of sp³-hybridized carbons (Fsp3) is 0.846. The van der Waals surface area contributed by atoms with Crippen molar-refractivity contribution >= 4 is 11.8 Å². The molecule has 2 saturated heterocycles. The molecule has 1 atom stereocenters. The maximum atomic E-state index is 12.3. The summed E-state index contributed by atoms with van der Waals surface area (Å²) >= 11 is 0. The summed E-state index contributed by atoms with van der Waals surface area (Å²) in [7, 11) is 0. The topological polar surface area (TPSA) is 58.2 Å². The number of nitrogens with one attached hydrogen (secondary N) is 2. The Kier molecular flexibility index (Phi) is 3.52. The minimum Gasteiger partial charge on any atom is -0.317 e. The van der Waals surface area contributed by atoms with Crippen LogP contribution >= 0.6 is 0 Å². The zero-order chi connectivity index (χ0) is 12.5. The first-order chi connectivity index (χ1) is 8.07. The van der Waals surface area contributed by atoms with Crippen LogP contribution in [0.25, 0.3) is 0 Å². The highest BCUT2D eigenvalue weighted by Crippen LogP contribution is 2.46. The number of carbonyl (C=O) groups excluding carboxylic acids is 2. The Morgan fingerprint density at radius 3 is 2.41 bits per heavy atom. The van der Waals surface area contributed by atoms with E-state index in [1.165, 1.54) is 0 Å². The maximum Gasteiger partial charge on any atom is 0.233 e. The average Bonchev–Trinajstić information content (AvgIpc) is 2.30. The van der Waals surface area contributed by atoms with E-state index >= 15 is 0 Å². The van der Waals surface area contributed by atoms with Gasteiger partial charge in [-0.3, -0.25) is 14.9 Å². The standard InChI is InChI=1S/C13H22N2O2/c1-9(2)13(10-4-7-14-8-5-10)6-3-11(16)15-12(13)17/h9-10,14H,3-8H2,1-2H3,(H,15,16,17). The van der Waals surface area contributed by atoms with Crippen LogP contribution < -0.4 is 10.6 Å². The number of imide groups is 1. The molecule has 0 spiro atoms. The molecule has 2 aliphatic heterocycles. The van der Waals surface area contributed by atoms with Crippen molar-refractivity contribution in [3.8, 4) is 0 Å². The lowest BCUT2D eigenvalue weighted by molar-refractivity contribution is -0.149. The van der Waals surface area contributed by atoms with Gasteiger partial charge in [0.25, 0.3) is 0 Å². The summed E-state index contributed by atoms with van der Waals surface area (Å²) in [5, 5.41) is 5.89. The number of hydrogen-bond acceptors (Lipinski definition) is 3. The Balaban J connectivity index is 2.25. The van der Waals surface area contributed by atoms with Crippen LogP contribution in [0.3, 0.4) is 0 Å². The molecule has 0 aromatic heterocycles. The fourth-order valence-electron chi connectivity index (χ4n) is 3.49. The molecule has 4 heteroatoms. The third kappa shape index (κ3) is 2.10. The highest BCUT2D eigenvalue weighted by molar-refractivity contribution is 6.00. The van der Waals surface area contributed by atoms with E-state index in [0.717, 1.165) is 32.4 Å². The van der Waals surface area contributed by atoms with Gasteiger partial charge < -0.3 is 5.32 Å². The van der Waals surface area contributed by atoms with Crippen LogP contribution in [0.15, 0.2) is 0 Å². The predicted octanol–water partition coefficient (Wildman–Crippen LogP) is 1.06. The van der Waals surface area contributed by atoms with Gasteiger partial charge >= 0.3 is 0 Å². The molecule has 1 unspecified atom stereocenters. The molecule has 2 heterocycles. The minimum absolute atomic E-state index is 0.0318. The summed E-state index contributed by atoms with van der Waals surface area (Å²) in [6.07, 6.45) is 3.30. The number of carbonyl (C=O) groups is 2. The van der Waals surface area contributed by atoms with Crippen molar-refractivity contribution in [3.05, 3.63) is 0 Å². The van der Waals surface area contributed by atoms with E-state index in [1.807, 2.05) is 0 Å². The lowest BCUT2D eigenvalue weighted by Gasteiger charge is -2.46. The summed E-state index contributed by atoms with van der Waals surface area (Å²) in [6, 6.07) is 0.